The van der Waals surface area contributed by atoms with Crippen LogP contribution in [0.1, 0.15) is 32.6 Å². The van der Waals surface area contributed by atoms with Crippen LogP contribution in [0.25, 0.3) is 22.0 Å². The van der Waals surface area contributed by atoms with Crippen LogP contribution in [0.4, 0.5) is 0 Å². The number of hydrogen-bond donors (Lipinski definition) is 2. The predicted octanol–water partition coefficient (Wildman–Crippen LogP) is 6.38. The lowest BCUT2D eigenvalue weighted by molar-refractivity contribution is 0.0697. The van der Waals surface area contributed by atoms with E-state index in [1.807, 2.05) is 66.9 Å². The highest BCUT2D eigenvalue weighted by molar-refractivity contribution is 5.99. The molecule has 5 heteroatoms. The summed E-state index contributed by atoms with van der Waals surface area (Å²) < 4.78 is 5.79. The van der Waals surface area contributed by atoms with Crippen LogP contribution in [0.2, 0.25) is 0 Å². The Labute approximate surface area is 208 Å². The Balaban J connectivity index is 1.41. The number of carboxylic acid groups (broad SMARTS) is 1. The molecule has 0 spiro atoms. The molecule has 0 fully saturated rings. The van der Waals surface area contributed by atoms with E-state index in [9.17, 15) is 15.2 Å². The maximum Gasteiger partial charge on any atom is 0.336 e. The fourth-order valence-corrected chi connectivity index (χ4v) is 4.02. The van der Waals surface area contributed by atoms with Crippen LogP contribution in [0.15, 0.2) is 97.2 Å². The molecule has 5 rings (SSSR count). The van der Waals surface area contributed by atoms with E-state index < -0.39 is 5.97 Å². The van der Waals surface area contributed by atoms with Crippen molar-refractivity contribution in [1.82, 2.24) is 4.98 Å². The lowest BCUT2D eigenvalue weighted by Crippen LogP contribution is -2.01. The van der Waals surface area contributed by atoms with Crippen LogP contribution in [-0.4, -0.2) is 16.1 Å². The van der Waals surface area contributed by atoms with Crippen molar-refractivity contribution in [3.8, 4) is 34.8 Å². The summed E-state index contributed by atoms with van der Waals surface area (Å²) in [5.74, 6) is 5.87. The van der Waals surface area contributed by atoms with E-state index in [1.165, 1.54) is 0 Å². The molecule has 36 heavy (non-hydrogen) atoms. The van der Waals surface area contributed by atoms with E-state index in [-0.39, 0.29) is 5.56 Å². The molecule has 0 atom stereocenters. The third-order valence-electron chi connectivity index (χ3n) is 5.84. The van der Waals surface area contributed by atoms with Crippen LogP contribution in [0.5, 0.6) is 5.75 Å². The SMILES string of the molecule is N#Cc1ccccc1OCc1ccc(C#Cc2cccc(C(=O)O)c2-c2ccc3cc[nH]c3c2)cc1. The third-order valence-corrected chi connectivity index (χ3v) is 5.84. The first-order valence-electron chi connectivity index (χ1n) is 11.3. The van der Waals surface area contributed by atoms with Crippen molar-refractivity contribution in [2.75, 3.05) is 0 Å². The van der Waals surface area contributed by atoms with Gasteiger partial charge in [-0.05, 0) is 65.0 Å². The molecule has 0 bridgehead atoms. The smallest absolute Gasteiger partial charge is 0.336 e. The molecule has 0 amide bonds. The lowest BCUT2D eigenvalue weighted by atomic mass is 9.93. The monoisotopic (exact) mass is 468 g/mol. The Morgan fingerprint density at radius 3 is 2.50 bits per heavy atom. The number of carbonyl (C=O) groups is 1. The highest BCUT2D eigenvalue weighted by Gasteiger charge is 2.15. The average molecular weight is 469 g/mol. The van der Waals surface area contributed by atoms with E-state index in [2.05, 4.69) is 22.9 Å². The number of ether oxygens (including phenoxy) is 1. The van der Waals surface area contributed by atoms with Crippen molar-refractivity contribution in [1.29, 1.82) is 5.26 Å². The Morgan fingerprint density at radius 1 is 0.889 bits per heavy atom. The summed E-state index contributed by atoms with van der Waals surface area (Å²) in [5, 5.41) is 20.1. The number of para-hydroxylation sites is 1. The maximum absolute atomic E-state index is 12.0. The standard InChI is InChI=1S/C31H20N2O3/c32-19-26-4-1-2-7-29(26)36-20-22-10-8-21(9-11-22)12-13-24-5-3-6-27(31(34)35)30(24)25-15-14-23-16-17-33-28(23)18-25/h1-11,14-18,33H,20H2,(H,34,35). The summed E-state index contributed by atoms with van der Waals surface area (Å²) in [5.41, 5.74) is 5.40. The average Bonchev–Trinajstić information content (AvgIpc) is 3.39. The number of hydrogen-bond acceptors (Lipinski definition) is 3. The molecule has 5 nitrogen and oxygen atoms in total. The van der Waals surface area contributed by atoms with Gasteiger partial charge >= 0.3 is 5.97 Å². The Kier molecular flexibility index (Phi) is 6.21. The zero-order chi connectivity index (χ0) is 24.9. The fourth-order valence-electron chi connectivity index (χ4n) is 4.02. The van der Waals surface area contributed by atoms with Gasteiger partial charge in [0.1, 0.15) is 18.4 Å². The summed E-state index contributed by atoms with van der Waals surface area (Å²) in [6.45, 7) is 0.332. The molecule has 4 aromatic carbocycles. The number of nitrogens with zero attached hydrogens (tertiary/aromatic N) is 1. The van der Waals surface area contributed by atoms with Gasteiger partial charge in [0, 0.05) is 28.4 Å². The molecule has 2 N–H and O–H groups in total. The van der Waals surface area contributed by atoms with E-state index in [4.69, 9.17) is 4.74 Å². The fraction of sp³-hybridized carbons (Fsp3) is 0.0323. The van der Waals surface area contributed by atoms with Gasteiger partial charge in [0.05, 0.1) is 11.1 Å². The largest absolute Gasteiger partial charge is 0.488 e. The van der Waals surface area contributed by atoms with Gasteiger partial charge in [-0.2, -0.15) is 5.26 Å². The van der Waals surface area contributed by atoms with E-state index >= 15 is 0 Å². The second-order valence-corrected chi connectivity index (χ2v) is 8.16. The van der Waals surface area contributed by atoms with Crippen molar-refractivity contribution < 1.29 is 14.6 Å². The topological polar surface area (TPSA) is 86.1 Å². The number of aromatic amines is 1. The van der Waals surface area contributed by atoms with E-state index in [0.29, 0.717) is 29.0 Å². The normalized spacial score (nSPS) is 10.3. The number of nitrogens with one attached hydrogen (secondary N) is 1. The Bertz CT molecular complexity index is 1680. The molecule has 5 aromatic rings. The van der Waals surface area contributed by atoms with Crippen molar-refractivity contribution in [2.45, 2.75) is 6.61 Å². The molecule has 1 aromatic heterocycles. The second-order valence-electron chi connectivity index (χ2n) is 8.16. The van der Waals surface area contributed by atoms with Crippen LogP contribution < -0.4 is 4.74 Å². The van der Waals surface area contributed by atoms with Crippen LogP contribution >= 0.6 is 0 Å². The second kappa shape index (κ2) is 9.93. The number of rotatable bonds is 5. The lowest BCUT2D eigenvalue weighted by Gasteiger charge is -2.10. The molecule has 0 saturated heterocycles. The number of carboxylic acids is 1. The van der Waals surface area contributed by atoms with Crippen LogP contribution in [0, 0.1) is 23.2 Å². The van der Waals surface area contributed by atoms with Gasteiger partial charge in [0.25, 0.3) is 0 Å². The first kappa shape index (κ1) is 22.5. The van der Waals surface area contributed by atoms with Gasteiger partial charge in [0.15, 0.2) is 0 Å². The predicted molar refractivity (Wildman–Crippen MR) is 139 cm³/mol. The molecule has 0 saturated carbocycles. The highest BCUT2D eigenvalue weighted by atomic mass is 16.5. The Hall–Kier alpha value is -5.26. The number of benzene rings is 4. The summed E-state index contributed by atoms with van der Waals surface area (Å²) in [4.78, 5) is 15.2. The first-order chi connectivity index (χ1) is 17.6. The molecule has 1 heterocycles. The number of fused-ring (bicyclic) bond motifs is 1. The van der Waals surface area contributed by atoms with Crippen molar-refractivity contribution >= 4 is 16.9 Å². The van der Waals surface area contributed by atoms with Gasteiger partial charge in [-0.15, -0.1) is 0 Å². The number of aromatic carboxylic acids is 1. The first-order valence-corrected chi connectivity index (χ1v) is 11.3. The van der Waals surface area contributed by atoms with Gasteiger partial charge in [-0.3, -0.25) is 0 Å². The van der Waals surface area contributed by atoms with Crippen LogP contribution in [-0.2, 0) is 6.61 Å². The van der Waals surface area contributed by atoms with Crippen molar-refractivity contribution in [3.05, 3.63) is 125 Å². The zero-order valence-corrected chi connectivity index (χ0v) is 19.2. The minimum Gasteiger partial charge on any atom is -0.488 e. The van der Waals surface area contributed by atoms with Gasteiger partial charge in [-0.1, -0.05) is 54.3 Å². The summed E-state index contributed by atoms with van der Waals surface area (Å²) >= 11 is 0. The number of H-pyrrole nitrogens is 1. The third kappa shape index (κ3) is 4.68. The van der Waals surface area contributed by atoms with Gasteiger partial charge in [-0.25, -0.2) is 4.79 Å². The van der Waals surface area contributed by atoms with Crippen molar-refractivity contribution in [2.24, 2.45) is 0 Å². The molecular formula is C31H20N2O3. The molecule has 0 aliphatic heterocycles. The minimum atomic E-state index is -0.998. The molecule has 0 unspecified atom stereocenters. The maximum atomic E-state index is 12.0. The zero-order valence-electron chi connectivity index (χ0n) is 19.2. The van der Waals surface area contributed by atoms with Crippen LogP contribution in [0.3, 0.4) is 0 Å². The number of nitriles is 1. The molecule has 0 aliphatic rings. The molecule has 0 radical (unpaired) electrons. The van der Waals surface area contributed by atoms with Gasteiger partial charge in [0.2, 0.25) is 0 Å². The van der Waals surface area contributed by atoms with E-state index in [0.717, 1.165) is 27.6 Å². The Morgan fingerprint density at radius 2 is 1.69 bits per heavy atom. The summed E-state index contributed by atoms with van der Waals surface area (Å²) in [6.07, 6.45) is 1.86. The molecular weight excluding hydrogens is 448 g/mol. The van der Waals surface area contributed by atoms with E-state index in [1.54, 1.807) is 30.3 Å². The summed E-state index contributed by atoms with van der Waals surface area (Å²) in [7, 11) is 0. The quantitative estimate of drug-likeness (QED) is 0.293. The highest BCUT2D eigenvalue weighted by Crippen LogP contribution is 2.30. The van der Waals surface area contributed by atoms with Crippen molar-refractivity contribution in [3.63, 3.8) is 0 Å². The molecule has 172 valence electrons. The summed E-state index contributed by atoms with van der Waals surface area (Å²) in [6, 6.07) is 29.8. The minimum absolute atomic E-state index is 0.206. The van der Waals surface area contributed by atoms with Gasteiger partial charge < -0.3 is 14.8 Å². The molecule has 0 aliphatic carbocycles. The number of aromatic nitrogens is 1.